The van der Waals surface area contributed by atoms with E-state index < -0.39 is 10.0 Å². The number of aryl methyl sites for hydroxylation is 2. The molecule has 0 bridgehead atoms. The molecule has 22 heavy (non-hydrogen) atoms. The highest BCUT2D eigenvalue weighted by atomic mass is 32.2. The summed E-state index contributed by atoms with van der Waals surface area (Å²) < 4.78 is 27.4. The highest BCUT2D eigenvalue weighted by molar-refractivity contribution is 7.89. The minimum absolute atomic E-state index is 0.385. The highest BCUT2D eigenvalue weighted by Gasteiger charge is 2.29. The van der Waals surface area contributed by atoms with Crippen molar-refractivity contribution in [2.45, 2.75) is 31.7 Å². The fraction of sp³-hybridized carbons (Fsp3) is 0.294. The molecule has 2 aromatic carbocycles. The number of hydrogen-bond donors (Lipinski definition) is 1. The van der Waals surface area contributed by atoms with Gasteiger partial charge >= 0.3 is 0 Å². The quantitative estimate of drug-likeness (QED) is 0.866. The van der Waals surface area contributed by atoms with Crippen molar-refractivity contribution in [3.8, 4) is 0 Å². The average molecular weight is 316 g/mol. The molecule has 3 rings (SSSR count). The van der Waals surface area contributed by atoms with Gasteiger partial charge in [-0.25, -0.2) is 8.42 Å². The molecule has 1 heterocycles. The maximum absolute atomic E-state index is 12.9. The van der Waals surface area contributed by atoms with Crippen LogP contribution in [0.2, 0.25) is 0 Å². The van der Waals surface area contributed by atoms with Gasteiger partial charge < -0.3 is 5.73 Å². The lowest BCUT2D eigenvalue weighted by Crippen LogP contribution is -2.36. The Morgan fingerprint density at radius 2 is 1.82 bits per heavy atom. The zero-order chi connectivity index (χ0) is 15.9. The van der Waals surface area contributed by atoms with Crippen molar-refractivity contribution in [2.75, 3.05) is 12.3 Å². The fourth-order valence-corrected chi connectivity index (χ4v) is 4.61. The van der Waals surface area contributed by atoms with E-state index in [2.05, 4.69) is 0 Å². The van der Waals surface area contributed by atoms with Gasteiger partial charge in [0.1, 0.15) is 0 Å². The molecule has 0 amide bonds. The van der Waals surface area contributed by atoms with Gasteiger partial charge in [-0.05, 0) is 55.2 Å². The minimum Gasteiger partial charge on any atom is -0.399 e. The van der Waals surface area contributed by atoms with E-state index in [1.54, 1.807) is 10.4 Å². The average Bonchev–Trinajstić information content (AvgIpc) is 2.46. The SMILES string of the molecule is Cc1ccc(S(=O)(=O)N2CCc3ccc(N)cc3C2)c(C)c1. The topological polar surface area (TPSA) is 63.4 Å². The maximum atomic E-state index is 12.9. The van der Waals surface area contributed by atoms with Crippen molar-refractivity contribution in [1.29, 1.82) is 0 Å². The smallest absolute Gasteiger partial charge is 0.243 e. The van der Waals surface area contributed by atoms with Gasteiger partial charge in [0.2, 0.25) is 10.0 Å². The predicted octanol–water partition coefficient (Wildman–Crippen LogP) is 2.63. The fourth-order valence-electron chi connectivity index (χ4n) is 2.98. The first kappa shape index (κ1) is 15.1. The first-order chi connectivity index (χ1) is 10.4. The van der Waals surface area contributed by atoms with E-state index in [4.69, 9.17) is 5.73 Å². The number of sulfonamides is 1. The van der Waals surface area contributed by atoms with E-state index in [1.807, 2.05) is 44.2 Å². The third-order valence-electron chi connectivity index (χ3n) is 4.16. The molecular formula is C17H20N2O2S. The Morgan fingerprint density at radius 1 is 1.05 bits per heavy atom. The highest BCUT2D eigenvalue weighted by Crippen LogP contribution is 2.27. The summed E-state index contributed by atoms with van der Waals surface area (Å²) in [5.41, 5.74) is 10.5. The summed E-state index contributed by atoms with van der Waals surface area (Å²) in [6.45, 7) is 4.70. The van der Waals surface area contributed by atoms with Gasteiger partial charge in [0.25, 0.3) is 0 Å². The summed E-state index contributed by atoms with van der Waals surface area (Å²) in [5, 5.41) is 0. The third kappa shape index (κ3) is 2.62. The predicted molar refractivity (Wildman–Crippen MR) is 88.1 cm³/mol. The van der Waals surface area contributed by atoms with Crippen molar-refractivity contribution < 1.29 is 8.42 Å². The van der Waals surface area contributed by atoms with Gasteiger partial charge in [-0.1, -0.05) is 23.8 Å². The van der Waals surface area contributed by atoms with Crippen molar-refractivity contribution in [3.05, 3.63) is 58.7 Å². The van der Waals surface area contributed by atoms with Crippen LogP contribution in [0, 0.1) is 13.8 Å². The van der Waals surface area contributed by atoms with E-state index in [-0.39, 0.29) is 0 Å². The summed E-state index contributed by atoms with van der Waals surface area (Å²) in [6.07, 6.45) is 0.722. The second kappa shape index (κ2) is 5.41. The molecule has 0 aromatic heterocycles. The van der Waals surface area contributed by atoms with Crippen molar-refractivity contribution in [3.63, 3.8) is 0 Å². The molecule has 0 radical (unpaired) electrons. The van der Waals surface area contributed by atoms with Crippen LogP contribution in [-0.4, -0.2) is 19.3 Å². The first-order valence-corrected chi connectivity index (χ1v) is 8.76. The van der Waals surface area contributed by atoms with Crippen LogP contribution >= 0.6 is 0 Å². The second-order valence-corrected chi connectivity index (χ2v) is 7.79. The number of fused-ring (bicyclic) bond motifs is 1. The zero-order valence-corrected chi connectivity index (χ0v) is 13.7. The molecular weight excluding hydrogens is 296 g/mol. The van der Waals surface area contributed by atoms with Crippen LogP contribution in [0.4, 0.5) is 5.69 Å². The van der Waals surface area contributed by atoms with Crippen LogP contribution in [-0.2, 0) is 23.0 Å². The number of rotatable bonds is 2. The Morgan fingerprint density at radius 3 is 2.55 bits per heavy atom. The van der Waals surface area contributed by atoms with E-state index in [1.165, 1.54) is 5.56 Å². The van der Waals surface area contributed by atoms with Crippen molar-refractivity contribution >= 4 is 15.7 Å². The van der Waals surface area contributed by atoms with Gasteiger partial charge in [0, 0.05) is 18.8 Å². The van der Waals surface area contributed by atoms with Crippen LogP contribution in [0.25, 0.3) is 0 Å². The Bertz CT molecular complexity index is 829. The number of nitrogens with two attached hydrogens (primary N) is 1. The molecule has 0 atom stereocenters. The van der Waals surface area contributed by atoms with Gasteiger partial charge in [-0.3, -0.25) is 0 Å². The standard InChI is InChI=1S/C17H20N2O2S/c1-12-3-6-17(13(2)9-12)22(20,21)19-8-7-14-4-5-16(18)10-15(14)11-19/h3-6,9-10H,7-8,11,18H2,1-2H3. The summed E-state index contributed by atoms with van der Waals surface area (Å²) >= 11 is 0. The van der Waals surface area contributed by atoms with E-state index in [0.717, 1.165) is 23.1 Å². The normalized spacial score (nSPS) is 15.5. The van der Waals surface area contributed by atoms with Crippen LogP contribution in [0.3, 0.4) is 0 Å². The Labute approximate surface area is 131 Å². The third-order valence-corrected chi connectivity index (χ3v) is 6.16. The van der Waals surface area contributed by atoms with Crippen LogP contribution in [0.1, 0.15) is 22.3 Å². The summed E-state index contributed by atoms with van der Waals surface area (Å²) in [6, 6.07) is 11.2. The molecule has 4 nitrogen and oxygen atoms in total. The Balaban J connectivity index is 1.97. The summed E-state index contributed by atoms with van der Waals surface area (Å²) in [5.74, 6) is 0. The lowest BCUT2D eigenvalue weighted by Gasteiger charge is -2.28. The van der Waals surface area contributed by atoms with Crippen LogP contribution < -0.4 is 5.73 Å². The lowest BCUT2D eigenvalue weighted by molar-refractivity contribution is 0.391. The van der Waals surface area contributed by atoms with Crippen molar-refractivity contribution in [2.24, 2.45) is 0 Å². The molecule has 5 heteroatoms. The molecule has 0 unspecified atom stereocenters. The number of nitrogen functional groups attached to an aromatic ring is 1. The van der Waals surface area contributed by atoms with Crippen LogP contribution in [0.5, 0.6) is 0 Å². The van der Waals surface area contributed by atoms with Gasteiger partial charge in [-0.15, -0.1) is 0 Å². The van der Waals surface area contributed by atoms with Gasteiger partial charge in [0.05, 0.1) is 4.90 Å². The van der Waals surface area contributed by atoms with E-state index in [0.29, 0.717) is 23.7 Å². The lowest BCUT2D eigenvalue weighted by atomic mass is 10.0. The molecule has 1 aliphatic heterocycles. The molecule has 2 N–H and O–H groups in total. The molecule has 116 valence electrons. The Hall–Kier alpha value is -1.85. The van der Waals surface area contributed by atoms with Gasteiger partial charge in [-0.2, -0.15) is 4.31 Å². The molecule has 0 saturated heterocycles. The molecule has 0 saturated carbocycles. The summed E-state index contributed by atoms with van der Waals surface area (Å²) in [4.78, 5) is 0.394. The minimum atomic E-state index is -3.47. The molecule has 0 aliphatic carbocycles. The number of nitrogens with zero attached hydrogens (tertiary/aromatic N) is 1. The molecule has 2 aromatic rings. The Kier molecular flexibility index (Phi) is 3.70. The molecule has 0 fully saturated rings. The van der Waals surface area contributed by atoms with E-state index >= 15 is 0 Å². The molecule has 1 aliphatic rings. The molecule has 0 spiro atoms. The number of hydrogen-bond acceptors (Lipinski definition) is 3. The number of benzene rings is 2. The van der Waals surface area contributed by atoms with E-state index in [9.17, 15) is 8.42 Å². The largest absolute Gasteiger partial charge is 0.399 e. The van der Waals surface area contributed by atoms with Gasteiger partial charge in [0.15, 0.2) is 0 Å². The first-order valence-electron chi connectivity index (χ1n) is 7.32. The zero-order valence-electron chi connectivity index (χ0n) is 12.8. The monoisotopic (exact) mass is 316 g/mol. The number of anilines is 1. The second-order valence-electron chi connectivity index (χ2n) is 5.89. The van der Waals surface area contributed by atoms with Crippen molar-refractivity contribution in [1.82, 2.24) is 4.31 Å². The maximum Gasteiger partial charge on any atom is 0.243 e. The van der Waals surface area contributed by atoms with Crippen LogP contribution in [0.15, 0.2) is 41.3 Å². The summed E-state index contributed by atoms with van der Waals surface area (Å²) in [7, 11) is -3.47.